The molecule has 198 valence electrons. The molecule has 8 heteroatoms. The van der Waals surface area contributed by atoms with Gasteiger partial charge in [-0.15, -0.1) is 0 Å². The van der Waals surface area contributed by atoms with Crippen molar-refractivity contribution in [1.29, 1.82) is 0 Å². The van der Waals surface area contributed by atoms with Crippen LogP contribution in [0.4, 0.5) is 4.79 Å². The lowest BCUT2D eigenvalue weighted by Crippen LogP contribution is -2.42. The fourth-order valence-corrected chi connectivity index (χ4v) is 5.40. The van der Waals surface area contributed by atoms with Gasteiger partial charge >= 0.3 is 11.8 Å². The highest BCUT2D eigenvalue weighted by atomic mass is 35.5. The zero-order valence-electron chi connectivity index (χ0n) is 21.6. The molecule has 0 spiro atoms. The van der Waals surface area contributed by atoms with Gasteiger partial charge in [-0.3, -0.25) is 9.47 Å². The molecule has 2 heterocycles. The van der Waals surface area contributed by atoms with Crippen molar-refractivity contribution < 1.29 is 9.53 Å². The van der Waals surface area contributed by atoms with Crippen molar-refractivity contribution in [3.05, 3.63) is 105 Å². The Hall–Kier alpha value is -3.55. The van der Waals surface area contributed by atoms with Crippen LogP contribution in [0.15, 0.2) is 83.7 Å². The number of H-pyrrole nitrogens is 1. The first-order valence-corrected chi connectivity index (χ1v) is 13.5. The molecule has 1 unspecified atom stereocenters. The molecule has 5 rings (SSSR count). The van der Waals surface area contributed by atoms with Crippen LogP contribution in [0.2, 0.25) is 5.02 Å². The molecule has 38 heavy (non-hydrogen) atoms. The summed E-state index contributed by atoms with van der Waals surface area (Å²) in [6.07, 6.45) is 1.12. The molecule has 1 amide bonds. The third-order valence-corrected chi connectivity index (χ3v) is 7.52. The SMILES string of the molecule is CC(COC(=O)N1CCC(n2c(=O)[nH]c3ccccc32)CC1)N(Cc1ccccc1)Cc1cccc(Cl)c1. The molecule has 1 fully saturated rings. The maximum atomic E-state index is 13.0. The molecule has 7 nitrogen and oxygen atoms in total. The standard InChI is InChI=1S/C30H33ClN4O3/c1-22(34(19-23-8-3-2-4-9-23)20-24-10-7-11-25(31)18-24)21-38-30(37)33-16-14-26(15-17-33)35-28-13-6-5-12-27(28)32-29(35)36/h2-13,18,22,26H,14-17,19-21H2,1H3,(H,32,36). The van der Waals surface area contributed by atoms with Crippen LogP contribution in [0.5, 0.6) is 0 Å². The summed E-state index contributed by atoms with van der Waals surface area (Å²) in [7, 11) is 0. The average Bonchev–Trinajstić information content (AvgIpc) is 3.27. The maximum absolute atomic E-state index is 13.0. The first kappa shape index (κ1) is 26.1. The molecule has 4 aromatic rings. The van der Waals surface area contributed by atoms with Gasteiger partial charge in [-0.25, -0.2) is 9.59 Å². The quantitative estimate of drug-likeness (QED) is 0.309. The first-order chi connectivity index (χ1) is 18.5. The molecular formula is C30H33ClN4O3. The lowest BCUT2D eigenvalue weighted by Gasteiger charge is -2.33. The minimum atomic E-state index is -0.302. The van der Waals surface area contributed by atoms with Gasteiger partial charge in [-0.2, -0.15) is 0 Å². The Morgan fingerprint density at radius 2 is 1.68 bits per heavy atom. The number of rotatable bonds is 8. The summed E-state index contributed by atoms with van der Waals surface area (Å²) < 4.78 is 7.62. The van der Waals surface area contributed by atoms with Crippen molar-refractivity contribution in [2.24, 2.45) is 0 Å². The maximum Gasteiger partial charge on any atom is 0.409 e. The monoisotopic (exact) mass is 532 g/mol. The van der Waals surface area contributed by atoms with Crippen LogP contribution in [0.3, 0.4) is 0 Å². The number of nitrogens with one attached hydrogen (secondary N) is 1. The number of nitrogens with zero attached hydrogens (tertiary/aromatic N) is 3. The molecule has 0 saturated carbocycles. The van der Waals surface area contributed by atoms with E-state index < -0.39 is 0 Å². The highest BCUT2D eigenvalue weighted by Gasteiger charge is 2.27. The number of halogens is 1. The number of para-hydroxylation sites is 2. The smallest absolute Gasteiger partial charge is 0.409 e. The van der Waals surface area contributed by atoms with Crippen LogP contribution < -0.4 is 5.69 Å². The summed E-state index contributed by atoms with van der Waals surface area (Å²) in [6, 6.07) is 25.9. The van der Waals surface area contributed by atoms with Crippen LogP contribution in [-0.4, -0.2) is 51.2 Å². The van der Waals surface area contributed by atoms with E-state index >= 15 is 0 Å². The number of carbonyl (C=O) groups is 1. The third kappa shape index (κ3) is 6.11. The van der Waals surface area contributed by atoms with Gasteiger partial charge in [0.25, 0.3) is 0 Å². The number of hydrogen-bond donors (Lipinski definition) is 1. The summed E-state index contributed by atoms with van der Waals surface area (Å²) in [6.45, 7) is 4.90. The van der Waals surface area contributed by atoms with Gasteiger partial charge in [-0.05, 0) is 55.2 Å². The summed E-state index contributed by atoms with van der Waals surface area (Å²) in [5.74, 6) is 0. The van der Waals surface area contributed by atoms with Gasteiger partial charge in [0.15, 0.2) is 0 Å². The second-order valence-corrected chi connectivity index (χ2v) is 10.4. The van der Waals surface area contributed by atoms with Crippen LogP contribution in [0.25, 0.3) is 11.0 Å². The summed E-state index contributed by atoms with van der Waals surface area (Å²) in [4.78, 5) is 32.5. The number of aromatic amines is 1. The molecule has 1 aliphatic rings. The molecule has 0 aliphatic carbocycles. The number of amides is 1. The van der Waals surface area contributed by atoms with Gasteiger partial charge in [0.05, 0.1) is 11.0 Å². The van der Waals surface area contributed by atoms with E-state index in [1.165, 1.54) is 5.56 Å². The molecule has 1 aliphatic heterocycles. The minimum absolute atomic E-state index is 0.000439. The lowest BCUT2D eigenvalue weighted by atomic mass is 10.0. The number of fused-ring (bicyclic) bond motifs is 1. The average molecular weight is 533 g/mol. The van der Waals surface area contributed by atoms with Crippen LogP contribution in [0, 0.1) is 0 Å². The number of aromatic nitrogens is 2. The first-order valence-electron chi connectivity index (χ1n) is 13.1. The summed E-state index contributed by atoms with van der Waals surface area (Å²) >= 11 is 6.22. The Bertz CT molecular complexity index is 1430. The largest absolute Gasteiger partial charge is 0.448 e. The number of hydrogen-bond acceptors (Lipinski definition) is 4. The Morgan fingerprint density at radius 3 is 2.45 bits per heavy atom. The number of imidazole rings is 1. The zero-order chi connectivity index (χ0) is 26.5. The molecule has 1 saturated heterocycles. The van der Waals surface area contributed by atoms with E-state index in [1.54, 1.807) is 4.90 Å². The highest BCUT2D eigenvalue weighted by Crippen LogP contribution is 2.25. The molecule has 3 aromatic carbocycles. The van der Waals surface area contributed by atoms with Crippen molar-refractivity contribution >= 4 is 28.7 Å². The van der Waals surface area contributed by atoms with Crippen molar-refractivity contribution in [2.45, 2.75) is 44.9 Å². The summed E-state index contributed by atoms with van der Waals surface area (Å²) in [5, 5.41) is 0.708. The van der Waals surface area contributed by atoms with E-state index in [-0.39, 0.29) is 30.5 Å². The van der Waals surface area contributed by atoms with Crippen molar-refractivity contribution in [2.75, 3.05) is 19.7 Å². The predicted molar refractivity (Wildman–Crippen MR) is 150 cm³/mol. The van der Waals surface area contributed by atoms with Crippen molar-refractivity contribution in [1.82, 2.24) is 19.4 Å². The second kappa shape index (κ2) is 11.9. The molecule has 1 aromatic heterocycles. The van der Waals surface area contributed by atoms with E-state index in [2.05, 4.69) is 35.0 Å². The van der Waals surface area contributed by atoms with Crippen LogP contribution >= 0.6 is 11.6 Å². The lowest BCUT2D eigenvalue weighted by molar-refractivity contribution is 0.0567. The second-order valence-electron chi connectivity index (χ2n) is 9.98. The van der Waals surface area contributed by atoms with Gasteiger partial charge in [0.1, 0.15) is 6.61 Å². The molecular weight excluding hydrogens is 500 g/mol. The molecule has 1 N–H and O–H groups in total. The van der Waals surface area contributed by atoms with Crippen LogP contribution in [0.1, 0.15) is 36.9 Å². The number of likely N-dealkylation sites (tertiary alicyclic amines) is 1. The Morgan fingerprint density at radius 1 is 1.00 bits per heavy atom. The van der Waals surface area contributed by atoms with E-state index in [0.29, 0.717) is 37.5 Å². The predicted octanol–water partition coefficient (Wildman–Crippen LogP) is 5.85. The van der Waals surface area contributed by atoms with Gasteiger partial charge in [0.2, 0.25) is 0 Å². The van der Waals surface area contributed by atoms with Crippen LogP contribution in [-0.2, 0) is 17.8 Å². The Balaban J connectivity index is 1.18. The Labute approximate surface area is 227 Å². The summed E-state index contributed by atoms with van der Waals surface area (Å²) in [5.41, 5.74) is 3.96. The molecule has 1 atom stereocenters. The normalized spacial score (nSPS) is 15.2. The van der Waals surface area contributed by atoms with E-state index in [9.17, 15) is 9.59 Å². The zero-order valence-corrected chi connectivity index (χ0v) is 22.3. The number of carbonyl (C=O) groups excluding carboxylic acids is 1. The van der Waals surface area contributed by atoms with E-state index in [4.69, 9.17) is 16.3 Å². The molecule has 0 bridgehead atoms. The highest BCUT2D eigenvalue weighted by molar-refractivity contribution is 6.30. The number of piperidine rings is 1. The Kier molecular flexibility index (Phi) is 8.15. The minimum Gasteiger partial charge on any atom is -0.448 e. The van der Waals surface area contributed by atoms with Gasteiger partial charge in [-0.1, -0.05) is 66.2 Å². The fraction of sp³-hybridized carbons (Fsp3) is 0.333. The van der Waals surface area contributed by atoms with E-state index in [1.807, 2.05) is 65.2 Å². The topological polar surface area (TPSA) is 70.6 Å². The van der Waals surface area contributed by atoms with Gasteiger partial charge in [0, 0.05) is 43.3 Å². The van der Waals surface area contributed by atoms with Crippen molar-refractivity contribution in [3.63, 3.8) is 0 Å². The van der Waals surface area contributed by atoms with Gasteiger partial charge < -0.3 is 14.6 Å². The van der Waals surface area contributed by atoms with Crippen molar-refractivity contribution in [3.8, 4) is 0 Å². The number of ether oxygens (including phenoxy) is 1. The molecule has 0 radical (unpaired) electrons. The van der Waals surface area contributed by atoms with E-state index in [0.717, 1.165) is 23.1 Å². The third-order valence-electron chi connectivity index (χ3n) is 7.29. The number of benzene rings is 3. The fourth-order valence-electron chi connectivity index (χ4n) is 5.19.